The summed E-state index contributed by atoms with van der Waals surface area (Å²) in [7, 11) is 0. The maximum absolute atomic E-state index is 12.8. The first kappa shape index (κ1) is 16.0. The van der Waals surface area contributed by atoms with Crippen LogP contribution in [-0.4, -0.2) is 46.6 Å². The first-order valence-corrected chi connectivity index (χ1v) is 8.92. The third kappa shape index (κ3) is 3.08. The molecule has 0 bridgehead atoms. The van der Waals surface area contributed by atoms with E-state index >= 15 is 0 Å². The van der Waals surface area contributed by atoms with Crippen LogP contribution in [0.25, 0.3) is 21.5 Å². The fourth-order valence-corrected chi connectivity index (χ4v) is 3.91. The smallest absolute Gasteiger partial charge is 0.264 e. The summed E-state index contributed by atoms with van der Waals surface area (Å²) in [6.45, 7) is 3.77. The minimum atomic E-state index is -0.145. The van der Waals surface area contributed by atoms with Crippen molar-refractivity contribution in [1.82, 2.24) is 14.9 Å². The number of ether oxygens (including phenoxy) is 1. The van der Waals surface area contributed by atoms with Crippen molar-refractivity contribution in [3.8, 4) is 11.3 Å². The summed E-state index contributed by atoms with van der Waals surface area (Å²) in [6.07, 6.45) is 1.64. The summed E-state index contributed by atoms with van der Waals surface area (Å²) in [6, 6.07) is 9.05. The number of hydrogen-bond acceptors (Lipinski definition) is 5. The van der Waals surface area contributed by atoms with Gasteiger partial charge in [0.05, 0.1) is 29.8 Å². The molecule has 3 aromatic heterocycles. The number of amides is 1. The molecule has 1 aliphatic heterocycles. The normalized spacial score (nSPS) is 17.8. The molecule has 0 spiro atoms. The van der Waals surface area contributed by atoms with Crippen LogP contribution >= 0.6 is 11.3 Å². The molecule has 25 heavy (non-hydrogen) atoms. The van der Waals surface area contributed by atoms with Crippen molar-refractivity contribution in [1.29, 1.82) is 0 Å². The molecule has 0 radical (unpaired) electrons. The van der Waals surface area contributed by atoms with Crippen LogP contribution in [0.3, 0.4) is 0 Å². The highest BCUT2D eigenvalue weighted by molar-refractivity contribution is 7.20. The number of carbonyl (C=O) groups is 1. The third-order valence-electron chi connectivity index (χ3n) is 4.30. The van der Waals surface area contributed by atoms with Gasteiger partial charge >= 0.3 is 0 Å². The van der Waals surface area contributed by atoms with Gasteiger partial charge in [-0.15, -0.1) is 11.3 Å². The molecular formula is C18H17N3O3S. The second kappa shape index (κ2) is 6.42. The molecule has 1 fully saturated rings. The number of fused-ring (bicyclic) bond motifs is 1. The van der Waals surface area contributed by atoms with Gasteiger partial charge < -0.3 is 14.6 Å². The van der Waals surface area contributed by atoms with Crippen molar-refractivity contribution in [2.24, 2.45) is 0 Å². The van der Waals surface area contributed by atoms with E-state index in [0.717, 1.165) is 21.5 Å². The zero-order valence-electron chi connectivity index (χ0n) is 13.7. The molecule has 1 saturated heterocycles. The van der Waals surface area contributed by atoms with Crippen LogP contribution in [0.15, 0.2) is 41.3 Å². The van der Waals surface area contributed by atoms with Crippen molar-refractivity contribution in [2.75, 3.05) is 19.8 Å². The quantitative estimate of drug-likeness (QED) is 0.766. The Morgan fingerprint density at radius 1 is 1.36 bits per heavy atom. The summed E-state index contributed by atoms with van der Waals surface area (Å²) in [5.74, 6) is 0.0318. The second-order valence-electron chi connectivity index (χ2n) is 6.07. The maximum Gasteiger partial charge on any atom is 0.264 e. The zero-order chi connectivity index (χ0) is 17.4. The van der Waals surface area contributed by atoms with E-state index in [4.69, 9.17) is 4.74 Å². The lowest BCUT2D eigenvalue weighted by Crippen LogP contribution is -2.46. The van der Waals surface area contributed by atoms with Crippen LogP contribution in [0.5, 0.6) is 0 Å². The molecule has 1 unspecified atom stereocenters. The van der Waals surface area contributed by atoms with E-state index in [1.165, 1.54) is 17.4 Å². The topological polar surface area (TPSA) is 75.3 Å². The third-order valence-corrected chi connectivity index (χ3v) is 5.33. The molecule has 4 rings (SSSR count). The predicted molar refractivity (Wildman–Crippen MR) is 97.0 cm³/mol. The van der Waals surface area contributed by atoms with Gasteiger partial charge in [-0.3, -0.25) is 9.59 Å². The van der Waals surface area contributed by atoms with Crippen LogP contribution in [0, 0.1) is 0 Å². The Morgan fingerprint density at radius 2 is 2.24 bits per heavy atom. The molecule has 0 saturated carbocycles. The Morgan fingerprint density at radius 3 is 3.00 bits per heavy atom. The Kier molecular flexibility index (Phi) is 4.10. The fourth-order valence-electron chi connectivity index (χ4n) is 2.92. The number of rotatable bonds is 2. The number of H-pyrrole nitrogens is 1. The van der Waals surface area contributed by atoms with Gasteiger partial charge in [0.25, 0.3) is 5.91 Å². The van der Waals surface area contributed by atoms with Gasteiger partial charge in [-0.2, -0.15) is 0 Å². The monoisotopic (exact) mass is 355 g/mol. The van der Waals surface area contributed by atoms with Crippen LogP contribution in [-0.2, 0) is 4.74 Å². The van der Waals surface area contributed by atoms with Gasteiger partial charge in [-0.1, -0.05) is 0 Å². The summed E-state index contributed by atoms with van der Waals surface area (Å²) in [4.78, 5) is 34.6. The van der Waals surface area contributed by atoms with Crippen molar-refractivity contribution in [3.63, 3.8) is 0 Å². The van der Waals surface area contributed by atoms with E-state index < -0.39 is 0 Å². The molecule has 7 heteroatoms. The van der Waals surface area contributed by atoms with E-state index in [1.807, 2.05) is 30.0 Å². The number of aromatic nitrogens is 2. The first-order chi connectivity index (χ1) is 12.1. The van der Waals surface area contributed by atoms with Crippen LogP contribution < -0.4 is 5.56 Å². The van der Waals surface area contributed by atoms with Crippen molar-refractivity contribution < 1.29 is 9.53 Å². The molecule has 128 valence electrons. The molecule has 1 aliphatic rings. The predicted octanol–water partition coefficient (Wildman–Crippen LogP) is 2.51. The molecular weight excluding hydrogens is 338 g/mol. The molecule has 3 aromatic rings. The lowest BCUT2D eigenvalue weighted by molar-refractivity contribution is 0.00387. The number of morpholine rings is 1. The van der Waals surface area contributed by atoms with Gasteiger partial charge in [0.1, 0.15) is 4.83 Å². The Hall–Kier alpha value is -2.51. The number of carbonyl (C=O) groups excluding carboxylic acids is 1. The SMILES string of the molecule is CC1COCCN1C(=O)c1cc2ccc(-c3ccc(=O)[nH]c3)nc2s1. The minimum absolute atomic E-state index is 0.0318. The van der Waals surface area contributed by atoms with Crippen LogP contribution in [0.1, 0.15) is 16.6 Å². The van der Waals surface area contributed by atoms with Gasteiger partial charge in [-0.05, 0) is 31.2 Å². The summed E-state index contributed by atoms with van der Waals surface area (Å²) in [5, 5.41) is 0.947. The summed E-state index contributed by atoms with van der Waals surface area (Å²) in [5.41, 5.74) is 1.46. The number of nitrogens with one attached hydrogen (secondary N) is 1. The largest absolute Gasteiger partial charge is 0.377 e. The fraction of sp³-hybridized carbons (Fsp3) is 0.278. The highest BCUT2D eigenvalue weighted by atomic mass is 32.1. The molecule has 6 nitrogen and oxygen atoms in total. The first-order valence-electron chi connectivity index (χ1n) is 8.10. The van der Waals surface area contributed by atoms with Gasteiger partial charge in [0.2, 0.25) is 5.56 Å². The molecule has 1 amide bonds. The van der Waals surface area contributed by atoms with Crippen LogP contribution in [0.4, 0.5) is 0 Å². The standard InChI is InChI=1S/C18H17N3O3S/c1-11-10-24-7-6-21(11)18(23)15-8-12-2-4-14(20-17(12)25-15)13-3-5-16(22)19-9-13/h2-5,8-9,11H,6-7,10H2,1H3,(H,19,22). The lowest BCUT2D eigenvalue weighted by atomic mass is 10.2. The molecule has 1 N–H and O–H groups in total. The van der Waals surface area contributed by atoms with E-state index in [9.17, 15) is 9.59 Å². The zero-order valence-corrected chi connectivity index (χ0v) is 14.5. The van der Waals surface area contributed by atoms with E-state index in [-0.39, 0.29) is 17.5 Å². The Balaban J connectivity index is 1.67. The summed E-state index contributed by atoms with van der Waals surface area (Å²) < 4.78 is 5.40. The lowest BCUT2D eigenvalue weighted by Gasteiger charge is -2.32. The average Bonchev–Trinajstić information content (AvgIpc) is 3.05. The van der Waals surface area contributed by atoms with Gasteiger partial charge in [0, 0.05) is 29.8 Å². The number of pyridine rings is 2. The minimum Gasteiger partial charge on any atom is -0.377 e. The van der Waals surface area contributed by atoms with Crippen molar-refractivity contribution >= 4 is 27.5 Å². The van der Waals surface area contributed by atoms with Crippen molar-refractivity contribution in [3.05, 3.63) is 51.8 Å². The van der Waals surface area contributed by atoms with Gasteiger partial charge in [0.15, 0.2) is 0 Å². The number of aromatic amines is 1. The molecule has 1 atom stereocenters. The number of hydrogen-bond donors (Lipinski definition) is 1. The Bertz CT molecular complexity index is 974. The summed E-state index contributed by atoms with van der Waals surface area (Å²) >= 11 is 1.40. The molecule has 0 aliphatic carbocycles. The van der Waals surface area contributed by atoms with E-state index in [1.54, 1.807) is 12.3 Å². The number of thiophene rings is 1. The number of nitrogens with zero attached hydrogens (tertiary/aromatic N) is 2. The maximum atomic E-state index is 12.8. The van der Waals surface area contributed by atoms with E-state index in [0.29, 0.717) is 24.6 Å². The van der Waals surface area contributed by atoms with Gasteiger partial charge in [-0.25, -0.2) is 4.98 Å². The van der Waals surface area contributed by atoms with Crippen molar-refractivity contribution in [2.45, 2.75) is 13.0 Å². The van der Waals surface area contributed by atoms with Crippen LogP contribution in [0.2, 0.25) is 0 Å². The highest BCUT2D eigenvalue weighted by Gasteiger charge is 2.26. The molecule has 4 heterocycles. The molecule has 0 aromatic carbocycles. The van der Waals surface area contributed by atoms with E-state index in [2.05, 4.69) is 9.97 Å². The highest BCUT2D eigenvalue weighted by Crippen LogP contribution is 2.28. The average molecular weight is 355 g/mol. The second-order valence-corrected chi connectivity index (χ2v) is 7.10. The Labute approximate surface area is 148 Å².